The van der Waals surface area contributed by atoms with E-state index in [1.807, 2.05) is 0 Å². The molecule has 2 heterocycles. The maximum atomic E-state index is 4.80. The van der Waals surface area contributed by atoms with Crippen LogP contribution in [0.1, 0.15) is 30.1 Å². The molecule has 3 heteroatoms. The van der Waals surface area contributed by atoms with Crippen LogP contribution < -0.4 is 0 Å². The molecule has 1 aromatic heterocycles. The predicted molar refractivity (Wildman–Crippen MR) is 89.8 cm³/mol. The molecule has 3 aromatic rings. The van der Waals surface area contributed by atoms with E-state index in [0.29, 0.717) is 5.92 Å². The van der Waals surface area contributed by atoms with Crippen LogP contribution >= 0.6 is 0 Å². The van der Waals surface area contributed by atoms with Gasteiger partial charge in [0.1, 0.15) is 5.82 Å². The van der Waals surface area contributed by atoms with Gasteiger partial charge in [0.25, 0.3) is 0 Å². The molecule has 2 aromatic carbocycles. The number of rotatable bonds is 3. The highest BCUT2D eigenvalue weighted by Gasteiger charge is 2.23. The van der Waals surface area contributed by atoms with Crippen LogP contribution in [0.25, 0.3) is 11.0 Å². The number of imidazole rings is 1. The first-order valence-corrected chi connectivity index (χ1v) is 8.09. The Balaban J connectivity index is 1.50. The van der Waals surface area contributed by atoms with Crippen molar-refractivity contribution in [3.05, 3.63) is 66.0 Å². The van der Waals surface area contributed by atoms with Crippen molar-refractivity contribution in [3.63, 3.8) is 0 Å². The summed E-state index contributed by atoms with van der Waals surface area (Å²) in [4.78, 5) is 10.9. The molecule has 0 amide bonds. The van der Waals surface area contributed by atoms with Crippen molar-refractivity contribution in [3.8, 4) is 0 Å². The van der Waals surface area contributed by atoms with Crippen molar-refractivity contribution in [1.29, 1.82) is 0 Å². The summed E-state index contributed by atoms with van der Waals surface area (Å²) >= 11 is 0. The number of H-pyrrole nitrogens is 1. The SMILES string of the molecule is c1ccc(CN2CCC[C@@H](c3nc4ccccc4[nH]3)C2)cc1. The van der Waals surface area contributed by atoms with Crippen LogP contribution in [0.4, 0.5) is 0 Å². The van der Waals surface area contributed by atoms with Crippen molar-refractivity contribution < 1.29 is 0 Å². The zero-order valence-corrected chi connectivity index (χ0v) is 12.7. The molecule has 0 bridgehead atoms. The van der Waals surface area contributed by atoms with Crippen molar-refractivity contribution in [1.82, 2.24) is 14.9 Å². The summed E-state index contributed by atoms with van der Waals surface area (Å²) in [6.45, 7) is 3.32. The third kappa shape index (κ3) is 2.77. The predicted octanol–water partition coefficient (Wildman–Crippen LogP) is 3.94. The standard InChI is InChI=1S/C19H21N3/c1-2-7-15(8-3-1)13-22-12-6-9-16(14-22)19-20-17-10-4-5-11-18(17)21-19/h1-5,7-8,10-11,16H,6,9,12-14H2,(H,20,21)/t16-/m1/s1. The summed E-state index contributed by atoms with van der Waals surface area (Å²) in [7, 11) is 0. The second-order valence-electron chi connectivity index (χ2n) is 6.20. The Morgan fingerprint density at radius 1 is 1.05 bits per heavy atom. The largest absolute Gasteiger partial charge is 0.342 e. The third-order valence-corrected chi connectivity index (χ3v) is 4.55. The summed E-state index contributed by atoms with van der Waals surface area (Å²) in [5.74, 6) is 1.67. The molecule has 1 fully saturated rings. The van der Waals surface area contributed by atoms with Gasteiger partial charge < -0.3 is 4.98 Å². The summed E-state index contributed by atoms with van der Waals surface area (Å²) in [6, 6.07) is 19.1. The molecule has 0 radical (unpaired) electrons. The quantitative estimate of drug-likeness (QED) is 0.792. The Hall–Kier alpha value is -2.13. The lowest BCUT2D eigenvalue weighted by molar-refractivity contribution is 0.197. The molecule has 1 aliphatic heterocycles. The zero-order valence-electron chi connectivity index (χ0n) is 12.7. The van der Waals surface area contributed by atoms with Crippen LogP contribution in [0.5, 0.6) is 0 Å². The van der Waals surface area contributed by atoms with E-state index in [4.69, 9.17) is 4.98 Å². The van der Waals surface area contributed by atoms with Crippen molar-refractivity contribution in [2.24, 2.45) is 0 Å². The maximum Gasteiger partial charge on any atom is 0.111 e. The van der Waals surface area contributed by atoms with Crippen LogP contribution in [0.2, 0.25) is 0 Å². The average molecular weight is 291 g/mol. The van der Waals surface area contributed by atoms with Crippen LogP contribution in [0, 0.1) is 0 Å². The lowest BCUT2D eigenvalue weighted by atomic mass is 9.97. The Kier molecular flexibility index (Phi) is 3.65. The number of piperidine rings is 1. The number of aromatic amines is 1. The maximum absolute atomic E-state index is 4.80. The van der Waals surface area contributed by atoms with Gasteiger partial charge in [-0.3, -0.25) is 4.90 Å². The molecule has 3 nitrogen and oxygen atoms in total. The van der Waals surface area contributed by atoms with E-state index in [9.17, 15) is 0 Å². The first-order valence-electron chi connectivity index (χ1n) is 8.09. The second kappa shape index (κ2) is 5.93. The number of aromatic nitrogens is 2. The summed E-state index contributed by atoms with van der Waals surface area (Å²) in [6.07, 6.45) is 2.47. The minimum Gasteiger partial charge on any atom is -0.342 e. The van der Waals surface area contributed by atoms with E-state index in [1.165, 1.54) is 24.9 Å². The van der Waals surface area contributed by atoms with E-state index in [-0.39, 0.29) is 0 Å². The number of nitrogens with one attached hydrogen (secondary N) is 1. The van der Waals surface area contributed by atoms with Crippen molar-refractivity contribution in [2.45, 2.75) is 25.3 Å². The Morgan fingerprint density at radius 3 is 2.73 bits per heavy atom. The van der Waals surface area contributed by atoms with Gasteiger partial charge in [-0.1, -0.05) is 42.5 Å². The number of hydrogen-bond acceptors (Lipinski definition) is 2. The minimum absolute atomic E-state index is 0.518. The van der Waals surface area contributed by atoms with Gasteiger partial charge in [0.15, 0.2) is 0 Å². The molecule has 0 unspecified atom stereocenters. The van der Waals surface area contributed by atoms with Gasteiger partial charge in [-0.15, -0.1) is 0 Å². The molecule has 112 valence electrons. The molecule has 0 aliphatic carbocycles. The zero-order chi connectivity index (χ0) is 14.8. The van der Waals surface area contributed by atoms with Gasteiger partial charge >= 0.3 is 0 Å². The molecule has 0 spiro atoms. The fourth-order valence-corrected chi connectivity index (χ4v) is 3.43. The normalized spacial score (nSPS) is 19.5. The molecule has 4 rings (SSSR count). The lowest BCUT2D eigenvalue weighted by Gasteiger charge is -2.31. The first-order chi connectivity index (χ1) is 10.9. The topological polar surface area (TPSA) is 31.9 Å². The van der Waals surface area contributed by atoms with E-state index in [0.717, 1.165) is 29.9 Å². The number of hydrogen-bond donors (Lipinski definition) is 1. The van der Waals surface area contributed by atoms with Gasteiger partial charge in [0, 0.05) is 19.0 Å². The van der Waals surface area contributed by atoms with Gasteiger partial charge in [0.2, 0.25) is 0 Å². The Morgan fingerprint density at radius 2 is 1.86 bits per heavy atom. The highest BCUT2D eigenvalue weighted by atomic mass is 15.1. The number of likely N-dealkylation sites (tertiary alicyclic amines) is 1. The smallest absolute Gasteiger partial charge is 0.111 e. The molecule has 1 N–H and O–H groups in total. The van der Waals surface area contributed by atoms with Crippen molar-refractivity contribution >= 4 is 11.0 Å². The van der Waals surface area contributed by atoms with Gasteiger partial charge in [-0.25, -0.2) is 4.98 Å². The molecule has 22 heavy (non-hydrogen) atoms. The summed E-state index contributed by atoms with van der Waals surface area (Å²) in [5.41, 5.74) is 3.63. The average Bonchev–Trinajstić information content (AvgIpc) is 3.00. The number of nitrogens with zero attached hydrogens (tertiary/aromatic N) is 2. The molecular formula is C19H21N3. The van der Waals surface area contributed by atoms with E-state index < -0.39 is 0 Å². The third-order valence-electron chi connectivity index (χ3n) is 4.55. The molecule has 0 saturated carbocycles. The first kappa shape index (κ1) is 13.5. The van der Waals surface area contributed by atoms with Gasteiger partial charge in [-0.2, -0.15) is 0 Å². The monoisotopic (exact) mass is 291 g/mol. The van der Waals surface area contributed by atoms with E-state index >= 15 is 0 Å². The molecule has 1 aliphatic rings. The van der Waals surface area contributed by atoms with Crippen LogP contribution in [-0.2, 0) is 6.54 Å². The molecule has 1 atom stereocenters. The van der Waals surface area contributed by atoms with Gasteiger partial charge in [0.05, 0.1) is 11.0 Å². The fraction of sp³-hybridized carbons (Fsp3) is 0.316. The molecule has 1 saturated heterocycles. The summed E-state index contributed by atoms with van der Waals surface area (Å²) < 4.78 is 0. The van der Waals surface area contributed by atoms with Crippen LogP contribution in [0.3, 0.4) is 0 Å². The highest BCUT2D eigenvalue weighted by Crippen LogP contribution is 2.27. The number of fused-ring (bicyclic) bond motifs is 1. The second-order valence-corrected chi connectivity index (χ2v) is 6.20. The van der Waals surface area contributed by atoms with Crippen LogP contribution in [-0.4, -0.2) is 28.0 Å². The Labute approximate surface area is 131 Å². The highest BCUT2D eigenvalue weighted by molar-refractivity contribution is 5.74. The minimum atomic E-state index is 0.518. The summed E-state index contributed by atoms with van der Waals surface area (Å²) in [5, 5.41) is 0. The van der Waals surface area contributed by atoms with Crippen LogP contribution in [0.15, 0.2) is 54.6 Å². The van der Waals surface area contributed by atoms with Gasteiger partial charge in [-0.05, 0) is 37.1 Å². The number of benzene rings is 2. The van der Waals surface area contributed by atoms with Crippen molar-refractivity contribution in [2.75, 3.05) is 13.1 Å². The van der Waals surface area contributed by atoms with E-state index in [2.05, 4.69) is 64.5 Å². The fourth-order valence-electron chi connectivity index (χ4n) is 3.43. The number of para-hydroxylation sites is 2. The molecular weight excluding hydrogens is 270 g/mol. The lowest BCUT2D eigenvalue weighted by Crippen LogP contribution is -2.34. The van der Waals surface area contributed by atoms with E-state index in [1.54, 1.807) is 0 Å². The Bertz CT molecular complexity index is 714.